The van der Waals surface area contributed by atoms with Gasteiger partial charge in [0.1, 0.15) is 22.8 Å². The minimum atomic E-state index is -0.365. The Hall–Kier alpha value is -3.42. The Bertz CT molecular complexity index is 1290. The molecular weight excluding hydrogens is 436 g/mol. The molecule has 0 aliphatic carbocycles. The van der Waals surface area contributed by atoms with Crippen LogP contribution in [0.25, 0.3) is 10.2 Å². The van der Waals surface area contributed by atoms with Gasteiger partial charge in [-0.1, -0.05) is 47.7 Å². The molecular formula is C26H26N2O4S. The lowest BCUT2D eigenvalue weighted by molar-refractivity contribution is 0.0994. The number of amides is 1. The largest absolute Gasteiger partial charge is 0.492 e. The lowest BCUT2D eigenvalue weighted by Crippen LogP contribution is -2.20. The molecule has 3 aromatic carbocycles. The number of ether oxygens (including phenoxy) is 3. The fourth-order valence-electron chi connectivity index (χ4n) is 3.46. The van der Waals surface area contributed by atoms with Crippen molar-refractivity contribution in [3.8, 4) is 17.2 Å². The number of carbonyl (C=O) groups is 1. The normalized spacial score (nSPS) is 11.6. The number of para-hydroxylation sites is 3. The molecule has 0 unspecified atom stereocenters. The predicted octanol–water partition coefficient (Wildman–Crippen LogP) is 5.67. The van der Waals surface area contributed by atoms with Crippen LogP contribution in [0.3, 0.4) is 0 Å². The van der Waals surface area contributed by atoms with Crippen molar-refractivity contribution >= 4 is 27.5 Å². The number of fused-ring (bicyclic) bond motifs is 1. The molecule has 33 heavy (non-hydrogen) atoms. The van der Waals surface area contributed by atoms with E-state index in [0.717, 1.165) is 16.0 Å². The van der Waals surface area contributed by atoms with E-state index in [-0.39, 0.29) is 5.91 Å². The van der Waals surface area contributed by atoms with Gasteiger partial charge in [0.2, 0.25) is 0 Å². The summed E-state index contributed by atoms with van der Waals surface area (Å²) in [5.41, 5.74) is 1.32. The molecule has 0 N–H and O–H groups in total. The van der Waals surface area contributed by atoms with Crippen molar-refractivity contribution in [1.29, 1.82) is 0 Å². The van der Waals surface area contributed by atoms with Crippen molar-refractivity contribution in [2.45, 2.75) is 20.4 Å². The van der Waals surface area contributed by atoms with Gasteiger partial charge in [0.05, 0.1) is 23.5 Å². The maximum Gasteiger partial charge on any atom is 0.283 e. The lowest BCUT2D eigenvalue weighted by atomic mass is 10.2. The van der Waals surface area contributed by atoms with Crippen molar-refractivity contribution in [1.82, 2.24) is 4.57 Å². The zero-order chi connectivity index (χ0) is 23.0. The molecule has 1 heterocycles. The summed E-state index contributed by atoms with van der Waals surface area (Å²) < 4.78 is 20.4. The molecule has 170 valence electrons. The third kappa shape index (κ3) is 5.32. The number of hydrogen-bond acceptors (Lipinski definition) is 5. The highest BCUT2D eigenvalue weighted by Gasteiger charge is 2.16. The Labute approximate surface area is 196 Å². The molecule has 7 heteroatoms. The molecule has 4 rings (SSSR count). The molecule has 0 saturated heterocycles. The zero-order valence-electron chi connectivity index (χ0n) is 18.7. The van der Waals surface area contributed by atoms with Crippen LogP contribution in [-0.4, -0.2) is 30.3 Å². The number of benzene rings is 3. The van der Waals surface area contributed by atoms with E-state index in [1.54, 1.807) is 12.1 Å². The summed E-state index contributed by atoms with van der Waals surface area (Å²) in [5.74, 6) is 1.53. The topological polar surface area (TPSA) is 62.1 Å². The summed E-state index contributed by atoms with van der Waals surface area (Å²) in [7, 11) is 0. The predicted molar refractivity (Wildman–Crippen MR) is 130 cm³/mol. The average molecular weight is 463 g/mol. The lowest BCUT2D eigenvalue weighted by Gasteiger charge is -2.10. The molecule has 1 aromatic heterocycles. The summed E-state index contributed by atoms with van der Waals surface area (Å²) >= 11 is 1.45. The number of nitrogens with zero attached hydrogens (tertiary/aromatic N) is 2. The summed E-state index contributed by atoms with van der Waals surface area (Å²) in [6, 6.07) is 22.4. The van der Waals surface area contributed by atoms with Crippen LogP contribution >= 0.6 is 11.3 Å². The van der Waals surface area contributed by atoms with Gasteiger partial charge in [0.15, 0.2) is 4.80 Å². The minimum absolute atomic E-state index is 0.365. The molecule has 0 fully saturated rings. The highest BCUT2D eigenvalue weighted by atomic mass is 32.1. The molecule has 0 aliphatic rings. The van der Waals surface area contributed by atoms with Gasteiger partial charge in [-0.25, -0.2) is 0 Å². The molecule has 0 atom stereocenters. The van der Waals surface area contributed by atoms with Gasteiger partial charge in [0, 0.05) is 13.2 Å². The molecule has 0 aliphatic heterocycles. The van der Waals surface area contributed by atoms with Crippen molar-refractivity contribution in [2.75, 3.05) is 19.8 Å². The number of thiazole rings is 1. The van der Waals surface area contributed by atoms with Crippen LogP contribution in [0.1, 0.15) is 24.2 Å². The SMILES string of the molecule is CCOCCn1c(=NC(=O)c2ccccc2Oc2ccccc2)sc2cccc(OCC)c21. The third-order valence-electron chi connectivity index (χ3n) is 4.91. The van der Waals surface area contributed by atoms with Crippen LogP contribution in [-0.2, 0) is 11.3 Å². The zero-order valence-corrected chi connectivity index (χ0v) is 19.5. The van der Waals surface area contributed by atoms with Crippen molar-refractivity contribution in [2.24, 2.45) is 4.99 Å². The summed E-state index contributed by atoms with van der Waals surface area (Å²) in [5, 5.41) is 0. The van der Waals surface area contributed by atoms with E-state index in [1.165, 1.54) is 11.3 Å². The van der Waals surface area contributed by atoms with Gasteiger partial charge >= 0.3 is 0 Å². The Kier molecular flexibility index (Phi) is 7.55. The second kappa shape index (κ2) is 10.9. The maximum absolute atomic E-state index is 13.3. The number of aromatic nitrogens is 1. The van der Waals surface area contributed by atoms with Crippen LogP contribution in [0.4, 0.5) is 0 Å². The van der Waals surface area contributed by atoms with Gasteiger partial charge in [-0.3, -0.25) is 4.79 Å². The standard InChI is InChI=1S/C26H26N2O4S/c1-3-30-18-17-28-24-22(31-4-2)15-10-16-23(24)33-26(28)27-25(29)20-13-8-9-14-21(20)32-19-11-6-5-7-12-19/h5-16H,3-4,17-18H2,1-2H3. The van der Waals surface area contributed by atoms with Gasteiger partial charge in [-0.2, -0.15) is 4.99 Å². The number of carbonyl (C=O) groups excluding carboxylic acids is 1. The van der Waals surface area contributed by atoms with Crippen LogP contribution in [0.2, 0.25) is 0 Å². The van der Waals surface area contributed by atoms with Crippen molar-refractivity contribution < 1.29 is 19.0 Å². The molecule has 0 radical (unpaired) electrons. The maximum atomic E-state index is 13.3. The monoisotopic (exact) mass is 462 g/mol. The first-order valence-corrected chi connectivity index (χ1v) is 11.8. The van der Waals surface area contributed by atoms with Gasteiger partial charge < -0.3 is 18.8 Å². The van der Waals surface area contributed by atoms with Gasteiger partial charge in [-0.15, -0.1) is 0 Å². The van der Waals surface area contributed by atoms with Crippen molar-refractivity contribution in [3.05, 3.63) is 83.2 Å². The summed E-state index contributed by atoms with van der Waals surface area (Å²) in [6.45, 7) is 6.16. The van der Waals surface area contributed by atoms with E-state index in [0.29, 0.717) is 48.2 Å². The smallest absolute Gasteiger partial charge is 0.283 e. The third-order valence-corrected chi connectivity index (χ3v) is 5.96. The molecule has 0 saturated carbocycles. The van der Waals surface area contributed by atoms with E-state index in [1.807, 2.05) is 79.1 Å². The van der Waals surface area contributed by atoms with Crippen molar-refractivity contribution in [3.63, 3.8) is 0 Å². The van der Waals surface area contributed by atoms with E-state index in [2.05, 4.69) is 4.99 Å². The minimum Gasteiger partial charge on any atom is -0.492 e. The van der Waals surface area contributed by atoms with Crippen LogP contribution in [0.15, 0.2) is 77.8 Å². The molecule has 4 aromatic rings. The fraction of sp³-hybridized carbons (Fsp3) is 0.231. The molecule has 0 spiro atoms. The van der Waals surface area contributed by atoms with Crippen LogP contribution in [0, 0.1) is 0 Å². The Morgan fingerprint density at radius 3 is 2.45 bits per heavy atom. The highest BCUT2D eigenvalue weighted by molar-refractivity contribution is 7.16. The van der Waals surface area contributed by atoms with Gasteiger partial charge in [-0.05, 0) is 50.2 Å². The first-order valence-electron chi connectivity index (χ1n) is 10.9. The van der Waals surface area contributed by atoms with Crippen LogP contribution in [0.5, 0.6) is 17.2 Å². The molecule has 1 amide bonds. The second-order valence-electron chi connectivity index (χ2n) is 7.10. The first kappa shape index (κ1) is 22.8. The summed E-state index contributed by atoms with van der Waals surface area (Å²) in [6.07, 6.45) is 0. The van der Waals surface area contributed by atoms with E-state index >= 15 is 0 Å². The number of hydrogen-bond donors (Lipinski definition) is 0. The first-order chi connectivity index (χ1) is 16.2. The quantitative estimate of drug-likeness (QED) is 0.301. The molecule has 0 bridgehead atoms. The Balaban J connectivity index is 1.76. The van der Waals surface area contributed by atoms with Gasteiger partial charge in [0.25, 0.3) is 5.91 Å². The van der Waals surface area contributed by atoms with E-state index in [9.17, 15) is 4.79 Å². The Morgan fingerprint density at radius 2 is 1.67 bits per heavy atom. The van der Waals surface area contributed by atoms with E-state index in [4.69, 9.17) is 14.2 Å². The van der Waals surface area contributed by atoms with E-state index < -0.39 is 0 Å². The Morgan fingerprint density at radius 1 is 0.909 bits per heavy atom. The molecule has 6 nitrogen and oxygen atoms in total. The summed E-state index contributed by atoms with van der Waals surface area (Å²) in [4.78, 5) is 18.4. The highest BCUT2D eigenvalue weighted by Crippen LogP contribution is 2.29. The average Bonchev–Trinajstić information content (AvgIpc) is 3.18. The number of rotatable bonds is 9. The second-order valence-corrected chi connectivity index (χ2v) is 8.11. The van der Waals surface area contributed by atoms with Crippen LogP contribution < -0.4 is 14.3 Å². The fourth-order valence-corrected chi connectivity index (χ4v) is 4.53.